The fourth-order valence-corrected chi connectivity index (χ4v) is 12.6. The fourth-order valence-electron chi connectivity index (χ4n) is 6.74. The molecule has 6 heteroatoms. The second-order valence-corrected chi connectivity index (χ2v) is 20.0. The molecule has 0 heterocycles. The third-order valence-corrected chi connectivity index (χ3v) is 16.5. The summed E-state index contributed by atoms with van der Waals surface area (Å²) >= 11 is 0. The van der Waals surface area contributed by atoms with Crippen LogP contribution >= 0.6 is 7.92 Å². The second-order valence-electron chi connectivity index (χ2n) is 13.6. The van der Waals surface area contributed by atoms with E-state index >= 15 is 0 Å². The zero-order chi connectivity index (χ0) is 38.3. The van der Waals surface area contributed by atoms with E-state index in [1.54, 1.807) is 12.3 Å². The molecule has 0 aliphatic heterocycles. The van der Waals surface area contributed by atoms with E-state index in [1.807, 2.05) is 74.5 Å². The molecule has 0 bridgehead atoms. The van der Waals surface area contributed by atoms with Gasteiger partial charge in [-0.05, 0) is 86.1 Å². The van der Waals surface area contributed by atoms with Crippen molar-refractivity contribution in [1.82, 2.24) is 0 Å². The Kier molecular flexibility index (Phi) is 15.8. The number of aromatic hydroxyl groups is 1. The van der Waals surface area contributed by atoms with Crippen molar-refractivity contribution in [3.8, 4) is 11.5 Å². The Hall–Kier alpha value is -5.31. The summed E-state index contributed by atoms with van der Waals surface area (Å²) in [5, 5.41) is 14.7. The smallest absolute Gasteiger partial charge is 0.269 e. The number of aliphatic imine (C=N–C) groups is 1. The first-order valence-electron chi connectivity index (χ1n) is 18.7. The van der Waals surface area contributed by atoms with E-state index in [1.165, 1.54) is 15.9 Å². The number of nitrogens with zero attached hydrogens (tertiary/aromatic N) is 1. The van der Waals surface area contributed by atoms with E-state index < -0.39 is 16.2 Å². The van der Waals surface area contributed by atoms with Gasteiger partial charge in [0.05, 0.1) is 13.6 Å². The molecular weight excluding hydrogens is 764 g/mol. The summed E-state index contributed by atoms with van der Waals surface area (Å²) in [6.07, 6.45) is 19.0. The van der Waals surface area contributed by atoms with E-state index in [0.717, 1.165) is 22.6 Å². The van der Waals surface area contributed by atoms with E-state index in [-0.39, 0.29) is 22.2 Å². The first kappa shape index (κ1) is 41.8. The first-order valence-corrected chi connectivity index (χ1v) is 22.8. The van der Waals surface area contributed by atoms with Crippen molar-refractivity contribution in [2.45, 2.75) is 31.5 Å². The minimum atomic E-state index is -2.24. The maximum atomic E-state index is 10.4. The van der Waals surface area contributed by atoms with Crippen molar-refractivity contribution < 1.29 is 26.0 Å². The predicted octanol–water partition coefficient (Wildman–Crippen LogP) is 11.4. The van der Waals surface area contributed by atoms with Gasteiger partial charge in [-0.1, -0.05) is 121 Å². The van der Waals surface area contributed by atoms with Crippen LogP contribution < -0.4 is 20.3 Å². The molecule has 6 aromatic rings. The van der Waals surface area contributed by atoms with Gasteiger partial charge in [-0.15, -0.1) is 0 Å². The zero-order valence-electron chi connectivity index (χ0n) is 32.0. The molecule has 284 valence electrons. The third kappa shape index (κ3) is 11.1. The summed E-state index contributed by atoms with van der Waals surface area (Å²) in [7, 11) is -3.12. The van der Waals surface area contributed by atoms with Gasteiger partial charge in [0.2, 0.25) is 0 Å². The molecule has 0 saturated carbocycles. The van der Waals surface area contributed by atoms with Crippen molar-refractivity contribution in [3.05, 3.63) is 229 Å². The summed E-state index contributed by atoms with van der Waals surface area (Å²) in [4.78, 5) is 4.65. The van der Waals surface area contributed by atoms with Crippen LogP contribution in [0.2, 0.25) is 17.6 Å². The molecule has 1 N–H and O–H groups in total. The molecule has 0 unspecified atom stereocenters. The van der Waals surface area contributed by atoms with Gasteiger partial charge in [0.15, 0.2) is 0 Å². The number of hydrogen-bond donors (Lipinski definition) is 1. The van der Waals surface area contributed by atoms with Crippen molar-refractivity contribution >= 4 is 44.1 Å². The Morgan fingerprint density at radius 2 is 1.05 bits per heavy atom. The van der Waals surface area contributed by atoms with Gasteiger partial charge in [-0.25, -0.2) is 0 Å². The molecular formula is C50H48NNiO2PSi. The average Bonchev–Trinajstić information content (AvgIpc) is 3.99. The van der Waals surface area contributed by atoms with Gasteiger partial charge >= 0.3 is 0 Å². The van der Waals surface area contributed by atoms with Crippen molar-refractivity contribution in [2.75, 3.05) is 0 Å². The van der Waals surface area contributed by atoms with E-state index in [9.17, 15) is 5.11 Å². The molecule has 0 atom stereocenters. The maximum Gasteiger partial charge on any atom is 0.269 e. The number of phenolic OH excluding ortho intramolecular Hbond substituents is 1. The SMILES string of the molecule is Cc1cccc(C)c1N=Cc1cc(O[Si](C)(C2C=CC=C2)C2C=CC=C2)ccc1O.[Ni].[c-]1ccccc1.c1ccc([PH+](c2ccccc2)c2ccccc2)cc1. The normalized spacial score (nSPS) is 13.2. The summed E-state index contributed by atoms with van der Waals surface area (Å²) in [5.74, 6) is 0.967. The van der Waals surface area contributed by atoms with Gasteiger partial charge in [0, 0.05) is 39.4 Å². The van der Waals surface area contributed by atoms with Crippen LogP contribution in [0.1, 0.15) is 16.7 Å². The van der Waals surface area contributed by atoms with Crippen LogP contribution in [0.5, 0.6) is 11.5 Å². The van der Waals surface area contributed by atoms with Crippen LogP contribution in [0, 0.1) is 19.9 Å². The topological polar surface area (TPSA) is 41.8 Å². The maximum absolute atomic E-state index is 10.4. The molecule has 0 fully saturated rings. The summed E-state index contributed by atoms with van der Waals surface area (Å²) in [5.41, 5.74) is 4.41. The molecule has 0 aromatic heterocycles. The van der Waals surface area contributed by atoms with Gasteiger partial charge in [0.25, 0.3) is 8.32 Å². The standard InChI is InChI=1S/C26H27NO2Si.C18H15P.C6H5.Ni/c1-19-9-8-10-20(2)26(19)27-18-21-17-22(15-16-25(21)28)29-30(3,23-11-4-5-12-23)24-13-6-7-14-24;1-4-10-16(11-5-1)19(17-12-6-2-7-13-17)18-14-8-3-9-15-18;1-2-4-6-5-3-1;/h4-18,23-24,28H,1-3H3;1-15H;1-5H;/q;;-1;/p+1. The van der Waals surface area contributed by atoms with Crippen LogP contribution in [0.3, 0.4) is 0 Å². The molecule has 0 radical (unpaired) electrons. The molecule has 3 nitrogen and oxygen atoms in total. The number of para-hydroxylation sites is 1. The first-order chi connectivity index (χ1) is 26.9. The molecule has 0 saturated heterocycles. The van der Waals surface area contributed by atoms with Gasteiger partial charge in [0.1, 0.15) is 27.4 Å². The molecule has 6 aromatic carbocycles. The second kappa shape index (κ2) is 21.1. The molecule has 2 aliphatic rings. The number of benzene rings is 6. The monoisotopic (exact) mass is 811 g/mol. The van der Waals surface area contributed by atoms with Crippen LogP contribution in [-0.4, -0.2) is 19.6 Å². The number of hydrogen-bond acceptors (Lipinski definition) is 3. The largest absolute Gasteiger partial charge is 0.542 e. The number of phenols is 1. The van der Waals surface area contributed by atoms with Crippen LogP contribution in [0.15, 0.2) is 211 Å². The van der Waals surface area contributed by atoms with Gasteiger partial charge in [-0.2, -0.15) is 36.4 Å². The Balaban J connectivity index is 0.000000196. The molecule has 0 amide bonds. The van der Waals surface area contributed by atoms with Gasteiger partial charge in [-0.3, -0.25) is 4.99 Å². The third-order valence-electron chi connectivity index (χ3n) is 9.72. The molecule has 8 rings (SSSR count). The van der Waals surface area contributed by atoms with E-state index in [0.29, 0.717) is 16.6 Å². The zero-order valence-corrected chi connectivity index (χ0v) is 35.0. The molecule has 56 heavy (non-hydrogen) atoms. The Morgan fingerprint density at radius 1 is 0.607 bits per heavy atom. The van der Waals surface area contributed by atoms with Crippen LogP contribution in [-0.2, 0) is 16.5 Å². The van der Waals surface area contributed by atoms with E-state index in [4.69, 9.17) is 4.43 Å². The number of aryl methyl sites for hydroxylation is 2. The quantitative estimate of drug-likeness (QED) is 0.0684. The van der Waals surface area contributed by atoms with Gasteiger partial charge < -0.3 is 9.53 Å². The number of rotatable bonds is 9. The minimum absolute atomic E-state index is 0. The molecule has 0 spiro atoms. The van der Waals surface area contributed by atoms with Crippen molar-refractivity contribution in [2.24, 2.45) is 4.99 Å². The summed E-state index contributed by atoms with van der Waals surface area (Å²) < 4.78 is 6.73. The Bertz CT molecular complexity index is 2060. The number of allylic oxidation sites excluding steroid dienone is 8. The van der Waals surface area contributed by atoms with Crippen molar-refractivity contribution in [1.29, 1.82) is 0 Å². The molecule has 2 aliphatic carbocycles. The Morgan fingerprint density at radius 3 is 1.46 bits per heavy atom. The Labute approximate surface area is 345 Å². The fraction of sp³-hybridized carbons (Fsp3) is 0.100. The minimum Gasteiger partial charge on any atom is -0.542 e. The summed E-state index contributed by atoms with van der Waals surface area (Å²) in [6, 6.07) is 56.5. The van der Waals surface area contributed by atoms with Crippen molar-refractivity contribution in [3.63, 3.8) is 0 Å². The van der Waals surface area contributed by atoms with E-state index in [2.05, 4.69) is 157 Å². The summed E-state index contributed by atoms with van der Waals surface area (Å²) in [6.45, 7) is 6.36. The van der Waals surface area contributed by atoms with Crippen LogP contribution in [0.25, 0.3) is 0 Å². The average molecular weight is 813 g/mol. The predicted molar refractivity (Wildman–Crippen MR) is 239 cm³/mol. The van der Waals surface area contributed by atoms with Crippen LogP contribution in [0.4, 0.5) is 5.69 Å².